The summed E-state index contributed by atoms with van der Waals surface area (Å²) >= 11 is 0. The van der Waals surface area contributed by atoms with Gasteiger partial charge in [-0.05, 0) is 24.6 Å². The van der Waals surface area contributed by atoms with Crippen LogP contribution in [0.15, 0.2) is 48.0 Å². The van der Waals surface area contributed by atoms with Crippen LogP contribution in [0.1, 0.15) is 24.1 Å². The number of carbonyl (C=O) groups excluding carboxylic acids is 1. The van der Waals surface area contributed by atoms with Gasteiger partial charge in [-0.1, -0.05) is 30.3 Å². The molecular formula is C20H19N3O5. The molecule has 1 amide bonds. The number of nitrogens with one attached hydrogen (secondary N) is 1. The molecule has 0 aromatic heterocycles. The van der Waals surface area contributed by atoms with Crippen LogP contribution >= 0.6 is 0 Å². The van der Waals surface area contributed by atoms with Crippen LogP contribution in [0, 0.1) is 21.4 Å². The van der Waals surface area contributed by atoms with Crippen molar-refractivity contribution in [3.05, 3.63) is 69.3 Å². The van der Waals surface area contributed by atoms with Gasteiger partial charge in [0.05, 0.1) is 36.8 Å². The molecule has 2 rings (SSSR count). The van der Waals surface area contributed by atoms with E-state index in [1.54, 1.807) is 13.0 Å². The number of benzene rings is 2. The van der Waals surface area contributed by atoms with E-state index in [0.29, 0.717) is 0 Å². The highest BCUT2D eigenvalue weighted by molar-refractivity contribution is 6.02. The van der Waals surface area contributed by atoms with Gasteiger partial charge >= 0.3 is 0 Å². The number of nitrogens with zero attached hydrogens (tertiary/aromatic N) is 2. The van der Waals surface area contributed by atoms with Crippen molar-refractivity contribution in [2.45, 2.75) is 13.0 Å². The first-order valence-corrected chi connectivity index (χ1v) is 8.29. The number of amides is 1. The minimum Gasteiger partial charge on any atom is -0.493 e. The Bertz CT molecular complexity index is 948. The fourth-order valence-corrected chi connectivity index (χ4v) is 2.56. The second-order valence-corrected chi connectivity index (χ2v) is 5.80. The molecule has 8 nitrogen and oxygen atoms in total. The van der Waals surface area contributed by atoms with Gasteiger partial charge in [-0.3, -0.25) is 14.9 Å². The number of nitriles is 1. The van der Waals surface area contributed by atoms with Crippen molar-refractivity contribution in [3.63, 3.8) is 0 Å². The van der Waals surface area contributed by atoms with Crippen LogP contribution in [0.3, 0.4) is 0 Å². The molecule has 1 unspecified atom stereocenters. The third-order valence-electron chi connectivity index (χ3n) is 4.04. The van der Waals surface area contributed by atoms with Crippen LogP contribution in [0.5, 0.6) is 11.5 Å². The zero-order valence-corrected chi connectivity index (χ0v) is 15.6. The van der Waals surface area contributed by atoms with Gasteiger partial charge in [0.25, 0.3) is 11.6 Å². The van der Waals surface area contributed by atoms with Crippen molar-refractivity contribution in [1.82, 2.24) is 5.32 Å². The molecule has 2 aromatic carbocycles. The molecule has 28 heavy (non-hydrogen) atoms. The summed E-state index contributed by atoms with van der Waals surface area (Å²) in [5.74, 6) is -0.218. The van der Waals surface area contributed by atoms with Gasteiger partial charge in [0, 0.05) is 0 Å². The number of rotatable bonds is 7. The van der Waals surface area contributed by atoms with Crippen LogP contribution in [-0.2, 0) is 4.79 Å². The second kappa shape index (κ2) is 9.19. The van der Waals surface area contributed by atoms with E-state index in [0.717, 1.165) is 11.6 Å². The Morgan fingerprint density at radius 3 is 2.36 bits per heavy atom. The SMILES string of the molecule is COc1cc(/C=C(\C#N)C(=O)NC(C)c2ccccc2)c([N+](=O)[O-])cc1OC. The smallest absolute Gasteiger partial charge is 0.280 e. The van der Waals surface area contributed by atoms with Crippen molar-refractivity contribution < 1.29 is 19.2 Å². The summed E-state index contributed by atoms with van der Waals surface area (Å²) in [7, 11) is 2.74. The minimum atomic E-state index is -0.636. The first kappa shape index (κ1) is 20.5. The molecule has 0 fully saturated rings. The fourth-order valence-electron chi connectivity index (χ4n) is 2.56. The molecule has 144 valence electrons. The molecule has 1 atom stereocenters. The summed E-state index contributed by atoms with van der Waals surface area (Å²) in [6, 6.07) is 13.2. The van der Waals surface area contributed by atoms with Crippen molar-refractivity contribution in [2.75, 3.05) is 14.2 Å². The van der Waals surface area contributed by atoms with E-state index in [9.17, 15) is 20.2 Å². The molecule has 2 aromatic rings. The molecule has 1 N–H and O–H groups in total. The summed E-state index contributed by atoms with van der Waals surface area (Å²) in [6.45, 7) is 1.78. The summed E-state index contributed by atoms with van der Waals surface area (Å²) in [6.07, 6.45) is 1.16. The van der Waals surface area contributed by atoms with Crippen LogP contribution in [0.4, 0.5) is 5.69 Å². The Labute approximate surface area is 162 Å². The number of carbonyl (C=O) groups is 1. The van der Waals surface area contributed by atoms with E-state index in [1.165, 1.54) is 26.4 Å². The molecule has 0 saturated heterocycles. The van der Waals surface area contributed by atoms with Gasteiger partial charge in [0.2, 0.25) is 0 Å². The topological polar surface area (TPSA) is 114 Å². The maximum atomic E-state index is 12.5. The van der Waals surface area contributed by atoms with Gasteiger partial charge in [-0.25, -0.2) is 0 Å². The summed E-state index contributed by atoms with van der Waals surface area (Å²) in [5, 5.41) is 23.5. The average Bonchev–Trinajstić information content (AvgIpc) is 2.71. The number of ether oxygens (including phenoxy) is 2. The highest BCUT2D eigenvalue weighted by atomic mass is 16.6. The predicted octanol–water partition coefficient (Wildman–Crippen LogP) is 3.40. The largest absolute Gasteiger partial charge is 0.493 e. The van der Waals surface area contributed by atoms with Crippen LogP contribution in [0.25, 0.3) is 6.08 Å². The molecule has 8 heteroatoms. The zero-order valence-electron chi connectivity index (χ0n) is 15.6. The number of methoxy groups -OCH3 is 2. The second-order valence-electron chi connectivity index (χ2n) is 5.80. The van der Waals surface area contributed by atoms with E-state index in [1.807, 2.05) is 30.3 Å². The Hall–Kier alpha value is -3.86. The first-order chi connectivity index (χ1) is 13.4. The first-order valence-electron chi connectivity index (χ1n) is 8.29. The van der Waals surface area contributed by atoms with Gasteiger partial charge in [-0.2, -0.15) is 5.26 Å². The third kappa shape index (κ3) is 4.65. The lowest BCUT2D eigenvalue weighted by Crippen LogP contribution is -2.27. The molecule has 0 saturated carbocycles. The number of nitro groups is 1. The van der Waals surface area contributed by atoms with Crippen molar-refractivity contribution in [1.29, 1.82) is 5.26 Å². The fraction of sp³-hybridized carbons (Fsp3) is 0.200. The van der Waals surface area contributed by atoms with Gasteiger partial charge in [0.15, 0.2) is 11.5 Å². The molecular weight excluding hydrogens is 362 g/mol. The summed E-state index contributed by atoms with van der Waals surface area (Å²) in [4.78, 5) is 23.3. The monoisotopic (exact) mass is 381 g/mol. The molecule has 0 spiro atoms. The molecule has 0 aliphatic rings. The van der Waals surface area contributed by atoms with Crippen molar-refractivity contribution >= 4 is 17.7 Å². The highest BCUT2D eigenvalue weighted by Gasteiger charge is 2.21. The lowest BCUT2D eigenvalue weighted by atomic mass is 10.1. The normalized spacial score (nSPS) is 11.9. The third-order valence-corrected chi connectivity index (χ3v) is 4.04. The van der Waals surface area contributed by atoms with E-state index in [-0.39, 0.29) is 34.4 Å². The van der Waals surface area contributed by atoms with Crippen LogP contribution in [0.2, 0.25) is 0 Å². The Balaban J connectivity index is 2.39. The summed E-state index contributed by atoms with van der Waals surface area (Å²) < 4.78 is 10.2. The summed E-state index contributed by atoms with van der Waals surface area (Å²) in [5.41, 5.74) is 0.347. The highest BCUT2D eigenvalue weighted by Crippen LogP contribution is 2.35. The molecule has 0 heterocycles. The predicted molar refractivity (Wildman–Crippen MR) is 103 cm³/mol. The van der Waals surface area contributed by atoms with Crippen LogP contribution in [-0.4, -0.2) is 25.1 Å². The maximum Gasteiger partial charge on any atom is 0.280 e. The lowest BCUT2D eigenvalue weighted by molar-refractivity contribution is -0.385. The Kier molecular flexibility index (Phi) is 6.71. The number of hydrogen-bond acceptors (Lipinski definition) is 6. The van der Waals surface area contributed by atoms with Gasteiger partial charge in [-0.15, -0.1) is 0 Å². The zero-order chi connectivity index (χ0) is 20.7. The van der Waals surface area contributed by atoms with E-state index in [2.05, 4.69) is 5.32 Å². The minimum absolute atomic E-state index is 0.0571. The number of hydrogen-bond donors (Lipinski definition) is 1. The van der Waals surface area contributed by atoms with Crippen LogP contribution < -0.4 is 14.8 Å². The average molecular weight is 381 g/mol. The van der Waals surface area contributed by atoms with Crippen molar-refractivity contribution in [2.24, 2.45) is 0 Å². The molecule has 0 radical (unpaired) electrons. The Morgan fingerprint density at radius 2 is 1.82 bits per heavy atom. The van der Waals surface area contributed by atoms with Crippen molar-refractivity contribution in [3.8, 4) is 17.6 Å². The lowest BCUT2D eigenvalue weighted by Gasteiger charge is -2.14. The van der Waals surface area contributed by atoms with Gasteiger partial charge in [0.1, 0.15) is 11.6 Å². The maximum absolute atomic E-state index is 12.5. The molecule has 0 aliphatic carbocycles. The van der Waals surface area contributed by atoms with Gasteiger partial charge < -0.3 is 14.8 Å². The Morgan fingerprint density at radius 1 is 1.21 bits per heavy atom. The standard InChI is InChI=1S/C20H19N3O5/c1-13(14-7-5-4-6-8-14)22-20(24)16(12-21)9-15-10-18(27-2)19(28-3)11-17(15)23(25)26/h4-11,13H,1-3H3,(H,22,24)/b16-9+. The van der Waals surface area contributed by atoms with E-state index >= 15 is 0 Å². The number of nitro benzene ring substituents is 1. The molecule has 0 aliphatic heterocycles. The molecule has 0 bridgehead atoms. The van der Waals surface area contributed by atoms with E-state index in [4.69, 9.17) is 9.47 Å². The van der Waals surface area contributed by atoms with E-state index < -0.39 is 10.8 Å². The quantitative estimate of drug-likeness (QED) is 0.340.